The van der Waals surface area contributed by atoms with Crippen molar-refractivity contribution in [2.45, 2.75) is 37.4 Å². The molecule has 0 saturated carbocycles. The van der Waals surface area contributed by atoms with Gasteiger partial charge in [-0.05, 0) is 74.0 Å². The number of hydrogen-bond acceptors (Lipinski definition) is 8. The van der Waals surface area contributed by atoms with Crippen molar-refractivity contribution < 1.29 is 27.9 Å². The summed E-state index contributed by atoms with van der Waals surface area (Å²) in [4.78, 5) is 47.6. The predicted octanol–water partition coefficient (Wildman–Crippen LogP) is 5.44. The van der Waals surface area contributed by atoms with Crippen LogP contribution >= 0.6 is 11.6 Å². The second kappa shape index (κ2) is 14.0. The molecule has 4 aromatic rings. The van der Waals surface area contributed by atoms with Gasteiger partial charge in [-0.15, -0.1) is 8.78 Å². The summed E-state index contributed by atoms with van der Waals surface area (Å²) in [6.45, 7) is 2.62. The minimum absolute atomic E-state index is 0.144. The second-order valence-electron chi connectivity index (χ2n) is 11.6. The smallest absolute Gasteiger partial charge is 0.420 e. The van der Waals surface area contributed by atoms with Crippen LogP contribution in [0, 0.1) is 0 Å². The van der Waals surface area contributed by atoms with Crippen molar-refractivity contribution in [1.82, 2.24) is 25.4 Å². The molecule has 250 valence electrons. The van der Waals surface area contributed by atoms with E-state index in [1.807, 2.05) is 30.3 Å². The number of ether oxygens (including phenoxy) is 1. The summed E-state index contributed by atoms with van der Waals surface area (Å²) < 4.78 is 30.1. The number of nitrogens with one attached hydrogen (secondary N) is 3. The largest absolute Gasteiger partial charge is 0.487 e. The van der Waals surface area contributed by atoms with Crippen LogP contribution in [0.25, 0.3) is 11.3 Å². The number of alkyl halides is 3. The van der Waals surface area contributed by atoms with Gasteiger partial charge in [-0.1, -0.05) is 12.1 Å². The topological polar surface area (TPSA) is 136 Å². The highest BCUT2D eigenvalue weighted by Gasteiger charge is 2.28. The van der Waals surface area contributed by atoms with Gasteiger partial charge in [0.1, 0.15) is 11.6 Å². The molecule has 0 aliphatic carbocycles. The number of amides is 4. The minimum Gasteiger partial charge on any atom is -0.420 e. The molecule has 0 atom stereocenters. The van der Waals surface area contributed by atoms with E-state index in [-0.39, 0.29) is 18.1 Å². The summed E-state index contributed by atoms with van der Waals surface area (Å²) in [5.74, 6) is -0.0873. The van der Waals surface area contributed by atoms with Gasteiger partial charge in [0.05, 0.1) is 11.3 Å². The monoisotopic (exact) mass is 678 g/mol. The number of H-pyrrole nitrogens is 1. The lowest BCUT2D eigenvalue weighted by Crippen LogP contribution is -2.49. The normalized spacial score (nSPS) is 15.9. The van der Waals surface area contributed by atoms with Gasteiger partial charge in [-0.25, -0.2) is 9.78 Å². The van der Waals surface area contributed by atoms with E-state index in [0.29, 0.717) is 29.5 Å². The molecule has 2 aliphatic rings. The molecule has 0 spiro atoms. The zero-order valence-electron chi connectivity index (χ0n) is 26.0. The van der Waals surface area contributed by atoms with Gasteiger partial charge in [0, 0.05) is 79.6 Å². The molecule has 4 heterocycles. The number of carbonyl (C=O) groups is 3. The molecule has 6 rings (SSSR count). The number of halogens is 3. The third-order valence-electron chi connectivity index (χ3n) is 8.39. The number of imide groups is 1. The number of pyridine rings is 1. The third kappa shape index (κ3) is 7.89. The highest BCUT2D eigenvalue weighted by atomic mass is 35.5. The van der Waals surface area contributed by atoms with Crippen molar-refractivity contribution in [3.63, 3.8) is 0 Å². The van der Waals surface area contributed by atoms with Crippen LogP contribution < -0.4 is 25.2 Å². The molecule has 48 heavy (non-hydrogen) atoms. The summed E-state index contributed by atoms with van der Waals surface area (Å²) in [6, 6.07) is 16.8. The Labute approximate surface area is 280 Å². The number of benzene rings is 2. The van der Waals surface area contributed by atoms with Crippen LogP contribution in [0.15, 0.2) is 73.1 Å². The van der Waals surface area contributed by atoms with Crippen molar-refractivity contribution in [3.8, 4) is 17.0 Å². The van der Waals surface area contributed by atoms with E-state index in [2.05, 4.69) is 42.4 Å². The number of rotatable bonds is 10. The van der Waals surface area contributed by atoms with E-state index >= 15 is 0 Å². The molecule has 0 unspecified atom stereocenters. The molecule has 2 aromatic heterocycles. The average molecular weight is 679 g/mol. The number of anilines is 3. The maximum Gasteiger partial charge on any atom is 0.487 e. The highest BCUT2D eigenvalue weighted by molar-refractivity contribution is 6.20. The van der Waals surface area contributed by atoms with Crippen LogP contribution in [0.3, 0.4) is 0 Å². The van der Waals surface area contributed by atoms with Gasteiger partial charge >= 0.3 is 11.6 Å². The molecule has 2 aromatic carbocycles. The SMILES string of the molecule is CN(Cc1ccc(N2CCC(=O)NC2=O)cc1)C1CCN(c2ncc(C(=O)Nc3ccc(OC(F)(F)Cl)cc3)cc2-c2ccn[nH]2)CC1. The van der Waals surface area contributed by atoms with Crippen molar-refractivity contribution >= 4 is 46.6 Å². The summed E-state index contributed by atoms with van der Waals surface area (Å²) in [5.41, 5.74) is 0.178. The van der Waals surface area contributed by atoms with Gasteiger partial charge < -0.3 is 15.0 Å². The van der Waals surface area contributed by atoms with Crippen molar-refractivity contribution in [1.29, 1.82) is 0 Å². The van der Waals surface area contributed by atoms with Gasteiger partial charge in [0.15, 0.2) is 0 Å². The molecule has 0 bridgehead atoms. The minimum atomic E-state index is -3.83. The number of aromatic nitrogens is 3. The molecule has 2 saturated heterocycles. The Kier molecular flexibility index (Phi) is 9.55. The first-order valence-electron chi connectivity index (χ1n) is 15.3. The van der Waals surface area contributed by atoms with Gasteiger partial charge in [0.2, 0.25) is 5.91 Å². The van der Waals surface area contributed by atoms with Crippen LogP contribution in [0.2, 0.25) is 0 Å². The Hall–Kier alpha value is -5.08. The van der Waals surface area contributed by atoms with Gasteiger partial charge in [0.25, 0.3) is 5.91 Å². The van der Waals surface area contributed by atoms with Crippen LogP contribution in [-0.4, -0.2) is 76.2 Å². The molecule has 12 nitrogen and oxygen atoms in total. The number of carbonyl (C=O) groups excluding carboxylic acids is 3. The summed E-state index contributed by atoms with van der Waals surface area (Å²) in [6.07, 6.45) is 5.24. The molecule has 2 aliphatic heterocycles. The fourth-order valence-electron chi connectivity index (χ4n) is 5.91. The third-order valence-corrected chi connectivity index (χ3v) is 8.46. The van der Waals surface area contributed by atoms with Crippen molar-refractivity contribution in [2.75, 3.05) is 41.8 Å². The summed E-state index contributed by atoms with van der Waals surface area (Å²) in [5, 5.41) is 12.2. The first kappa shape index (κ1) is 32.8. The van der Waals surface area contributed by atoms with Crippen molar-refractivity contribution in [3.05, 3.63) is 84.2 Å². The number of piperidine rings is 1. The van der Waals surface area contributed by atoms with E-state index in [1.54, 1.807) is 17.2 Å². The fourth-order valence-corrected chi connectivity index (χ4v) is 6.00. The van der Waals surface area contributed by atoms with E-state index in [9.17, 15) is 23.2 Å². The standard InChI is InChI=1S/C33H33ClF2N8O4/c1-42(20-21-2-6-25(7-3-21)44-17-13-29(45)40-32(44)47)24-11-15-43(16-12-24)30-27(28-10-14-38-41-28)18-22(19-37-30)31(46)39-23-4-8-26(9-5-23)48-33(34,35)36/h2-10,14,18-19,24H,11-13,15-17,20H2,1H3,(H,38,41)(H,39,46)(H,40,45,47). The quantitative estimate of drug-likeness (QED) is 0.189. The Balaban J connectivity index is 1.08. The Morgan fingerprint density at radius 3 is 2.46 bits per heavy atom. The lowest BCUT2D eigenvalue weighted by atomic mass is 10.0. The van der Waals surface area contributed by atoms with Gasteiger partial charge in [-0.3, -0.25) is 29.8 Å². The van der Waals surface area contributed by atoms with E-state index in [1.165, 1.54) is 30.5 Å². The lowest BCUT2D eigenvalue weighted by molar-refractivity contribution is -0.120. The molecule has 4 amide bonds. The summed E-state index contributed by atoms with van der Waals surface area (Å²) in [7, 11) is 2.10. The molecular formula is C33H33ClF2N8O4. The van der Waals surface area contributed by atoms with Gasteiger partial charge in [-0.2, -0.15) is 5.10 Å². The lowest BCUT2D eigenvalue weighted by Gasteiger charge is -2.38. The first-order chi connectivity index (χ1) is 23.0. The molecular weight excluding hydrogens is 646 g/mol. The zero-order chi connectivity index (χ0) is 33.8. The summed E-state index contributed by atoms with van der Waals surface area (Å²) >= 11 is 4.82. The molecule has 0 radical (unpaired) electrons. The van der Waals surface area contributed by atoms with Crippen LogP contribution in [0.1, 0.15) is 35.2 Å². The van der Waals surface area contributed by atoms with Crippen molar-refractivity contribution in [2.24, 2.45) is 0 Å². The maximum absolute atomic E-state index is 13.1. The molecule has 3 N–H and O–H groups in total. The predicted molar refractivity (Wildman–Crippen MR) is 176 cm³/mol. The Morgan fingerprint density at radius 2 is 1.81 bits per heavy atom. The first-order valence-corrected chi connectivity index (χ1v) is 15.7. The van der Waals surface area contributed by atoms with Crippen LogP contribution in [-0.2, 0) is 11.3 Å². The second-order valence-corrected chi connectivity index (χ2v) is 12.1. The van der Waals surface area contributed by atoms with E-state index in [4.69, 9.17) is 16.6 Å². The number of hydrogen-bond donors (Lipinski definition) is 3. The Morgan fingerprint density at radius 1 is 1.08 bits per heavy atom. The molecule has 15 heteroatoms. The fraction of sp³-hybridized carbons (Fsp3) is 0.303. The highest BCUT2D eigenvalue weighted by Crippen LogP contribution is 2.32. The van der Waals surface area contributed by atoms with E-state index < -0.39 is 17.5 Å². The molecule has 2 fully saturated rings. The number of nitrogens with zero attached hydrogens (tertiary/aromatic N) is 5. The maximum atomic E-state index is 13.1. The van der Waals surface area contributed by atoms with Crippen LogP contribution in [0.4, 0.5) is 30.8 Å². The number of urea groups is 1. The zero-order valence-corrected chi connectivity index (χ0v) is 26.7. The Bertz CT molecular complexity index is 1760. The number of aromatic amines is 1. The average Bonchev–Trinajstić information content (AvgIpc) is 3.61. The van der Waals surface area contributed by atoms with Crippen LogP contribution in [0.5, 0.6) is 5.75 Å². The van der Waals surface area contributed by atoms with E-state index in [0.717, 1.165) is 55.1 Å².